The van der Waals surface area contributed by atoms with Crippen molar-refractivity contribution in [3.8, 4) is 6.07 Å². The quantitative estimate of drug-likeness (QED) is 0.381. The number of halogens is 1. The second kappa shape index (κ2) is 10.2. The summed E-state index contributed by atoms with van der Waals surface area (Å²) in [4.78, 5) is 9.64. The molecule has 36 heavy (non-hydrogen) atoms. The first kappa shape index (κ1) is 24.1. The molecule has 1 aliphatic rings. The number of nitrogens with zero attached hydrogens (tertiary/aromatic N) is 4. The van der Waals surface area contributed by atoms with Crippen molar-refractivity contribution in [3.05, 3.63) is 113 Å². The maximum atomic E-state index is 14.0. The number of benzene rings is 3. The van der Waals surface area contributed by atoms with Crippen molar-refractivity contribution in [2.24, 2.45) is 0 Å². The zero-order valence-corrected chi connectivity index (χ0v) is 21.0. The predicted molar refractivity (Wildman–Crippen MR) is 139 cm³/mol. The average molecular weight is 518 g/mol. The minimum absolute atomic E-state index is 0.174. The molecule has 5 rings (SSSR count). The molecule has 0 bridgehead atoms. The first-order valence-corrected chi connectivity index (χ1v) is 13.3. The molecule has 4 aromatic rings. The van der Waals surface area contributed by atoms with Crippen molar-refractivity contribution >= 4 is 27.3 Å². The minimum atomic E-state index is -3.84. The van der Waals surface area contributed by atoms with E-state index in [-0.39, 0.29) is 17.5 Å². The fraction of sp³-hybridized carbons (Fsp3) is 0.185. The lowest BCUT2D eigenvalue weighted by atomic mass is 9.95. The van der Waals surface area contributed by atoms with Gasteiger partial charge in [0.2, 0.25) is 10.0 Å². The highest BCUT2D eigenvalue weighted by Crippen LogP contribution is 2.34. The summed E-state index contributed by atoms with van der Waals surface area (Å²) in [6, 6.07) is 23.2. The molecule has 2 heterocycles. The van der Waals surface area contributed by atoms with Crippen molar-refractivity contribution in [2.45, 2.75) is 30.4 Å². The molecule has 3 aromatic carbocycles. The van der Waals surface area contributed by atoms with Crippen LogP contribution >= 0.6 is 11.6 Å². The molecular formula is C27H24ClN5O2S. The van der Waals surface area contributed by atoms with Crippen molar-refractivity contribution < 1.29 is 8.42 Å². The third-order valence-corrected chi connectivity index (χ3v) is 8.48. The van der Waals surface area contributed by atoms with E-state index in [4.69, 9.17) is 11.6 Å². The van der Waals surface area contributed by atoms with Crippen molar-refractivity contribution in [3.63, 3.8) is 0 Å². The second-order valence-corrected chi connectivity index (χ2v) is 11.1. The van der Waals surface area contributed by atoms with Gasteiger partial charge < -0.3 is 9.88 Å². The third-order valence-electron chi connectivity index (χ3n) is 6.34. The standard InChI is InChI=1S/C27H24ClN5O2S/c28-23-6-4-5-21(12-23)16-33(36(34,35)26-7-2-1-3-8-26)25-13-22-11-20(14-29)9-10-27(22)32(18-25)17-24-15-30-19-31-24/h1-12,15,19,25H,13,16-18H2,(H,30,31). The van der Waals surface area contributed by atoms with Gasteiger partial charge in [0.25, 0.3) is 0 Å². The van der Waals surface area contributed by atoms with E-state index in [1.807, 2.05) is 24.3 Å². The Labute approximate surface area is 215 Å². The van der Waals surface area contributed by atoms with Gasteiger partial charge >= 0.3 is 0 Å². The van der Waals surface area contributed by atoms with E-state index in [9.17, 15) is 13.7 Å². The Morgan fingerprint density at radius 2 is 1.94 bits per heavy atom. The summed E-state index contributed by atoms with van der Waals surface area (Å²) in [5, 5.41) is 10.0. The number of fused-ring (bicyclic) bond motifs is 1. The van der Waals surface area contributed by atoms with Gasteiger partial charge in [-0.1, -0.05) is 41.9 Å². The van der Waals surface area contributed by atoms with Crippen LogP contribution < -0.4 is 4.90 Å². The Morgan fingerprint density at radius 3 is 2.67 bits per heavy atom. The number of anilines is 1. The molecule has 1 N–H and O–H groups in total. The normalized spacial score (nSPS) is 15.5. The van der Waals surface area contributed by atoms with Crippen LogP contribution in [0.1, 0.15) is 22.4 Å². The van der Waals surface area contributed by atoms with Crippen LogP contribution in [0.25, 0.3) is 0 Å². The van der Waals surface area contributed by atoms with Gasteiger partial charge in [0.05, 0.1) is 35.1 Å². The molecule has 182 valence electrons. The Morgan fingerprint density at radius 1 is 1.11 bits per heavy atom. The largest absolute Gasteiger partial charge is 0.364 e. The zero-order valence-electron chi connectivity index (χ0n) is 19.4. The monoisotopic (exact) mass is 517 g/mol. The van der Waals surface area contributed by atoms with Crippen LogP contribution in [0.15, 0.2) is 90.2 Å². The number of H-pyrrole nitrogens is 1. The van der Waals surface area contributed by atoms with Gasteiger partial charge in [0.15, 0.2) is 0 Å². The molecule has 1 aromatic heterocycles. The van der Waals surface area contributed by atoms with Crippen LogP contribution in [0.5, 0.6) is 0 Å². The maximum Gasteiger partial charge on any atom is 0.243 e. The minimum Gasteiger partial charge on any atom is -0.364 e. The van der Waals surface area contributed by atoms with Crippen LogP contribution in [0, 0.1) is 11.3 Å². The summed E-state index contributed by atoms with van der Waals surface area (Å²) in [5.74, 6) is 0. The highest BCUT2D eigenvalue weighted by molar-refractivity contribution is 7.89. The van der Waals surface area contributed by atoms with E-state index in [0.717, 1.165) is 22.5 Å². The number of aromatic nitrogens is 2. The van der Waals surface area contributed by atoms with E-state index >= 15 is 0 Å². The Bertz CT molecular complexity index is 1500. The lowest BCUT2D eigenvalue weighted by Crippen LogP contribution is -2.50. The first-order chi connectivity index (χ1) is 17.4. The van der Waals surface area contributed by atoms with Crippen molar-refractivity contribution in [2.75, 3.05) is 11.4 Å². The highest BCUT2D eigenvalue weighted by Gasteiger charge is 2.36. The number of sulfonamides is 1. The summed E-state index contributed by atoms with van der Waals surface area (Å²) < 4.78 is 29.5. The lowest BCUT2D eigenvalue weighted by Gasteiger charge is -2.40. The number of imidazole rings is 1. The van der Waals surface area contributed by atoms with Crippen molar-refractivity contribution in [1.29, 1.82) is 5.26 Å². The predicted octanol–water partition coefficient (Wildman–Crippen LogP) is 4.76. The Hall–Kier alpha value is -3.64. The molecule has 1 unspecified atom stereocenters. The van der Waals surface area contributed by atoms with E-state index < -0.39 is 10.0 Å². The molecular weight excluding hydrogens is 494 g/mol. The van der Waals surface area contributed by atoms with Gasteiger partial charge in [0, 0.05) is 36.0 Å². The van der Waals surface area contributed by atoms with Crippen LogP contribution in [0.3, 0.4) is 0 Å². The van der Waals surface area contributed by atoms with E-state index in [2.05, 4.69) is 20.9 Å². The molecule has 1 atom stereocenters. The summed E-state index contributed by atoms with van der Waals surface area (Å²) in [7, 11) is -3.84. The molecule has 9 heteroatoms. The molecule has 0 aliphatic carbocycles. The van der Waals surface area contributed by atoms with Crippen LogP contribution in [-0.2, 0) is 29.5 Å². The SMILES string of the molecule is N#Cc1ccc2c(c1)CC(N(Cc1cccc(Cl)c1)S(=O)(=O)c1ccccc1)CN2Cc1cnc[nH]1. The molecule has 0 radical (unpaired) electrons. The maximum absolute atomic E-state index is 14.0. The molecule has 0 spiro atoms. The molecule has 0 saturated carbocycles. The molecule has 0 fully saturated rings. The summed E-state index contributed by atoms with van der Waals surface area (Å²) in [5.41, 5.74) is 4.18. The number of hydrogen-bond donors (Lipinski definition) is 1. The number of aromatic amines is 1. The molecule has 0 amide bonds. The topological polar surface area (TPSA) is 93.1 Å². The smallest absolute Gasteiger partial charge is 0.243 e. The van der Waals surface area contributed by atoms with Crippen LogP contribution in [0.2, 0.25) is 5.02 Å². The number of rotatable bonds is 7. The third kappa shape index (κ3) is 5.00. The number of nitrogens with one attached hydrogen (secondary N) is 1. The van der Waals surface area contributed by atoms with Gasteiger partial charge in [-0.2, -0.15) is 9.57 Å². The first-order valence-electron chi connectivity index (χ1n) is 11.5. The van der Waals surface area contributed by atoms with E-state index in [1.165, 1.54) is 0 Å². The summed E-state index contributed by atoms with van der Waals surface area (Å²) >= 11 is 6.23. The molecule has 0 saturated heterocycles. The van der Waals surface area contributed by atoms with Gasteiger partial charge in [-0.15, -0.1) is 0 Å². The fourth-order valence-electron chi connectivity index (χ4n) is 4.67. The van der Waals surface area contributed by atoms with Gasteiger partial charge in [-0.3, -0.25) is 0 Å². The van der Waals surface area contributed by atoms with Crippen molar-refractivity contribution in [1.82, 2.24) is 14.3 Å². The summed E-state index contributed by atoms with van der Waals surface area (Å²) in [6.07, 6.45) is 3.87. The zero-order chi connectivity index (χ0) is 25.1. The van der Waals surface area contributed by atoms with Gasteiger partial charge in [-0.05, 0) is 60.0 Å². The van der Waals surface area contributed by atoms with Gasteiger partial charge in [0.1, 0.15) is 0 Å². The van der Waals surface area contributed by atoms with Gasteiger partial charge in [-0.25, -0.2) is 13.4 Å². The van der Waals surface area contributed by atoms with Crippen LogP contribution in [0.4, 0.5) is 5.69 Å². The second-order valence-electron chi connectivity index (χ2n) is 8.76. The number of nitriles is 1. The summed E-state index contributed by atoms with van der Waals surface area (Å²) in [6.45, 7) is 1.18. The van der Waals surface area contributed by atoms with E-state index in [1.54, 1.807) is 65.4 Å². The number of hydrogen-bond acceptors (Lipinski definition) is 5. The lowest BCUT2D eigenvalue weighted by molar-refractivity contribution is 0.302. The van der Waals surface area contributed by atoms with E-state index in [0.29, 0.717) is 30.1 Å². The molecule has 1 aliphatic heterocycles. The fourth-order valence-corrected chi connectivity index (χ4v) is 6.51. The Kier molecular flexibility index (Phi) is 6.79. The highest BCUT2D eigenvalue weighted by atomic mass is 35.5. The molecule has 7 nitrogen and oxygen atoms in total. The Balaban J connectivity index is 1.58. The average Bonchev–Trinajstić information content (AvgIpc) is 3.40. The van der Waals surface area contributed by atoms with Crippen LogP contribution in [-0.4, -0.2) is 35.3 Å².